The summed E-state index contributed by atoms with van der Waals surface area (Å²) in [4.78, 5) is 11.0. The lowest BCUT2D eigenvalue weighted by molar-refractivity contribution is -0.142. The molecule has 0 bridgehead atoms. The van der Waals surface area contributed by atoms with Gasteiger partial charge in [0.1, 0.15) is 4.21 Å². The van der Waals surface area contributed by atoms with Gasteiger partial charge in [0.15, 0.2) is 0 Å². The van der Waals surface area contributed by atoms with E-state index in [1.807, 2.05) is 0 Å². The number of hydrogen-bond donors (Lipinski definition) is 2. The molecule has 0 aliphatic heterocycles. The number of sulfonamides is 1. The first-order valence-corrected chi connectivity index (χ1v) is 8.31. The highest BCUT2D eigenvalue weighted by Crippen LogP contribution is 2.26. The van der Waals surface area contributed by atoms with Crippen LogP contribution in [0.25, 0.3) is 0 Å². The maximum atomic E-state index is 11.9. The fourth-order valence-electron chi connectivity index (χ4n) is 1.32. The topological polar surface area (TPSA) is 83.5 Å². The number of nitrogens with one attached hydrogen (secondary N) is 1. The Morgan fingerprint density at radius 2 is 2.11 bits per heavy atom. The normalized spacial score (nSPS) is 13.8. The minimum absolute atomic E-state index is 0.106. The minimum Gasteiger partial charge on any atom is -0.481 e. The van der Waals surface area contributed by atoms with E-state index in [4.69, 9.17) is 5.11 Å². The van der Waals surface area contributed by atoms with Gasteiger partial charge >= 0.3 is 5.97 Å². The van der Waals surface area contributed by atoms with Crippen molar-refractivity contribution in [2.45, 2.75) is 18.1 Å². The molecular weight excluding hydrogens is 342 g/mol. The molecule has 18 heavy (non-hydrogen) atoms. The monoisotopic (exact) mass is 355 g/mol. The minimum atomic E-state index is -3.63. The molecule has 1 heterocycles. The zero-order chi connectivity index (χ0) is 13.9. The lowest BCUT2D eigenvalue weighted by Crippen LogP contribution is -2.35. The molecule has 0 spiro atoms. The Balaban J connectivity index is 2.76. The third-order valence-electron chi connectivity index (χ3n) is 2.43. The molecule has 1 unspecified atom stereocenters. The predicted octanol–water partition coefficient (Wildman–Crippen LogP) is 2.15. The fraction of sp³-hybridized carbons (Fsp3) is 0.500. The van der Waals surface area contributed by atoms with Gasteiger partial charge < -0.3 is 5.11 Å². The van der Waals surface area contributed by atoms with Crippen LogP contribution in [0.3, 0.4) is 0 Å². The van der Waals surface area contributed by atoms with E-state index in [-0.39, 0.29) is 16.7 Å². The molecule has 1 atom stereocenters. The van der Waals surface area contributed by atoms with Crippen LogP contribution in [0.2, 0.25) is 0 Å². The standard InChI is InChI=1S/C10H14BrNO4S2/c1-6(2)7(10(13)14)5-12-18(15,16)9-4-3-8(11)17-9/h3-4,6-7,12H,5H2,1-2H3,(H,13,14). The number of aliphatic carboxylic acids is 1. The van der Waals surface area contributed by atoms with Gasteiger partial charge in [-0.25, -0.2) is 13.1 Å². The summed E-state index contributed by atoms with van der Waals surface area (Å²) in [5.74, 6) is -1.87. The highest BCUT2D eigenvalue weighted by molar-refractivity contribution is 9.11. The summed E-state index contributed by atoms with van der Waals surface area (Å²) < 4.78 is 27.0. The largest absolute Gasteiger partial charge is 0.481 e. The van der Waals surface area contributed by atoms with Crippen molar-refractivity contribution in [2.75, 3.05) is 6.54 Å². The number of carbonyl (C=O) groups is 1. The first kappa shape index (κ1) is 15.6. The van der Waals surface area contributed by atoms with Crippen molar-refractivity contribution in [3.8, 4) is 0 Å². The molecule has 2 N–H and O–H groups in total. The summed E-state index contributed by atoms with van der Waals surface area (Å²) in [6.45, 7) is 3.38. The Hall–Kier alpha value is -0.440. The smallest absolute Gasteiger partial charge is 0.308 e. The summed E-state index contributed by atoms with van der Waals surface area (Å²) in [6.07, 6.45) is 0. The lowest BCUT2D eigenvalue weighted by atomic mass is 9.97. The summed E-state index contributed by atoms with van der Waals surface area (Å²) in [6, 6.07) is 3.11. The molecule has 5 nitrogen and oxygen atoms in total. The van der Waals surface area contributed by atoms with Crippen molar-refractivity contribution in [2.24, 2.45) is 11.8 Å². The Bertz CT molecular complexity index is 524. The molecule has 8 heteroatoms. The molecular formula is C10H14BrNO4S2. The van der Waals surface area contributed by atoms with Gasteiger partial charge in [-0.05, 0) is 34.0 Å². The Morgan fingerprint density at radius 3 is 2.50 bits per heavy atom. The fourth-order valence-corrected chi connectivity index (χ4v) is 4.44. The lowest BCUT2D eigenvalue weighted by Gasteiger charge is -2.16. The van der Waals surface area contributed by atoms with E-state index in [0.29, 0.717) is 3.79 Å². The van der Waals surface area contributed by atoms with E-state index < -0.39 is 21.9 Å². The zero-order valence-electron chi connectivity index (χ0n) is 9.88. The Morgan fingerprint density at radius 1 is 1.50 bits per heavy atom. The van der Waals surface area contributed by atoms with Crippen molar-refractivity contribution in [3.63, 3.8) is 0 Å². The molecule has 1 aromatic rings. The highest BCUT2D eigenvalue weighted by atomic mass is 79.9. The number of rotatable bonds is 6. The first-order chi connectivity index (χ1) is 8.24. The van der Waals surface area contributed by atoms with E-state index in [9.17, 15) is 13.2 Å². The molecule has 1 aromatic heterocycles. The van der Waals surface area contributed by atoms with Crippen molar-refractivity contribution >= 4 is 43.3 Å². The molecule has 0 aliphatic carbocycles. The number of carboxylic acid groups (broad SMARTS) is 1. The predicted molar refractivity (Wildman–Crippen MR) is 73.2 cm³/mol. The van der Waals surface area contributed by atoms with Gasteiger partial charge in [-0.3, -0.25) is 4.79 Å². The number of halogens is 1. The van der Waals surface area contributed by atoms with Gasteiger partial charge in [0, 0.05) is 6.54 Å². The summed E-state index contributed by atoms with van der Waals surface area (Å²) >= 11 is 4.27. The maximum Gasteiger partial charge on any atom is 0.308 e. The molecule has 0 amide bonds. The van der Waals surface area contributed by atoms with Crippen LogP contribution >= 0.6 is 27.3 Å². The quantitative estimate of drug-likeness (QED) is 0.818. The molecule has 1 rings (SSSR count). The molecule has 0 fully saturated rings. The van der Waals surface area contributed by atoms with Crippen molar-refractivity contribution in [3.05, 3.63) is 15.9 Å². The number of carboxylic acids is 1. The van der Waals surface area contributed by atoms with Gasteiger partial charge in [0.25, 0.3) is 0 Å². The van der Waals surface area contributed by atoms with Crippen LogP contribution in [0, 0.1) is 11.8 Å². The van der Waals surface area contributed by atoms with Gasteiger partial charge in [-0.2, -0.15) is 0 Å². The first-order valence-electron chi connectivity index (χ1n) is 5.22. The maximum absolute atomic E-state index is 11.9. The van der Waals surface area contributed by atoms with Crippen LogP contribution in [0.4, 0.5) is 0 Å². The molecule has 0 saturated heterocycles. The summed E-state index contributed by atoms with van der Waals surface area (Å²) in [7, 11) is -3.63. The number of hydrogen-bond acceptors (Lipinski definition) is 4. The third kappa shape index (κ3) is 4.04. The van der Waals surface area contributed by atoms with Crippen LogP contribution in [0.1, 0.15) is 13.8 Å². The summed E-state index contributed by atoms with van der Waals surface area (Å²) in [5, 5.41) is 8.98. The van der Waals surface area contributed by atoms with Crippen LogP contribution < -0.4 is 4.72 Å². The molecule has 0 radical (unpaired) electrons. The third-order valence-corrected chi connectivity index (χ3v) is 5.97. The SMILES string of the molecule is CC(C)C(CNS(=O)(=O)c1ccc(Br)s1)C(=O)O. The zero-order valence-corrected chi connectivity index (χ0v) is 13.1. The van der Waals surface area contributed by atoms with Crippen molar-refractivity contribution < 1.29 is 18.3 Å². The van der Waals surface area contributed by atoms with Crippen LogP contribution in [0.5, 0.6) is 0 Å². The Kier molecular flexibility index (Phi) is 5.32. The molecule has 0 aliphatic rings. The second-order valence-corrected chi connectivity index (χ2v) is 8.56. The van der Waals surface area contributed by atoms with Crippen molar-refractivity contribution in [1.29, 1.82) is 0 Å². The number of thiophene rings is 1. The van der Waals surface area contributed by atoms with E-state index in [2.05, 4.69) is 20.7 Å². The van der Waals surface area contributed by atoms with E-state index in [0.717, 1.165) is 11.3 Å². The highest BCUT2D eigenvalue weighted by Gasteiger charge is 2.25. The van der Waals surface area contributed by atoms with E-state index in [1.54, 1.807) is 19.9 Å². The second kappa shape index (κ2) is 6.14. The second-order valence-electron chi connectivity index (χ2n) is 4.10. The summed E-state index contributed by atoms with van der Waals surface area (Å²) in [5.41, 5.74) is 0. The molecule has 0 saturated carbocycles. The average Bonchev–Trinajstić information content (AvgIpc) is 2.64. The van der Waals surface area contributed by atoms with Gasteiger partial charge in [-0.1, -0.05) is 13.8 Å². The van der Waals surface area contributed by atoms with Gasteiger partial charge in [-0.15, -0.1) is 11.3 Å². The molecule has 0 aromatic carbocycles. The van der Waals surface area contributed by atoms with Crippen molar-refractivity contribution in [1.82, 2.24) is 4.72 Å². The molecule has 102 valence electrons. The van der Waals surface area contributed by atoms with E-state index >= 15 is 0 Å². The van der Waals surface area contributed by atoms with Crippen LogP contribution in [-0.4, -0.2) is 26.0 Å². The van der Waals surface area contributed by atoms with Gasteiger partial charge in [0.05, 0.1) is 9.70 Å². The Labute approximate surface area is 118 Å². The van der Waals surface area contributed by atoms with Crippen LogP contribution in [0.15, 0.2) is 20.1 Å². The average molecular weight is 356 g/mol. The van der Waals surface area contributed by atoms with Gasteiger partial charge in [0.2, 0.25) is 10.0 Å². The van der Waals surface area contributed by atoms with E-state index in [1.165, 1.54) is 6.07 Å². The van der Waals surface area contributed by atoms with Crippen LogP contribution in [-0.2, 0) is 14.8 Å².